The molecular weight excluding hydrogens is 414 g/mol. The van der Waals surface area contributed by atoms with Crippen LogP contribution in [0.3, 0.4) is 0 Å². The fourth-order valence-corrected chi connectivity index (χ4v) is 3.81. The smallest absolute Gasteiger partial charge is 0.256 e. The van der Waals surface area contributed by atoms with E-state index in [1.807, 2.05) is 51.1 Å². The summed E-state index contributed by atoms with van der Waals surface area (Å²) in [5.74, 6) is -0.272. The lowest BCUT2D eigenvalue weighted by Gasteiger charge is -2.18. The van der Waals surface area contributed by atoms with Crippen molar-refractivity contribution in [3.05, 3.63) is 78.0 Å². The number of carbonyl (C=O) groups excluding carboxylic acids is 2. The number of nitrogens with one attached hydrogen (secondary N) is 1. The quantitative estimate of drug-likeness (QED) is 0.444. The summed E-state index contributed by atoms with van der Waals surface area (Å²) < 4.78 is 1.78. The van der Waals surface area contributed by atoms with Gasteiger partial charge in [-0.3, -0.25) is 9.59 Å². The average molecular weight is 442 g/mol. The Morgan fingerprint density at radius 1 is 0.970 bits per heavy atom. The van der Waals surface area contributed by atoms with Gasteiger partial charge in [-0.25, -0.2) is 9.67 Å². The van der Waals surface area contributed by atoms with Crippen molar-refractivity contribution >= 4 is 28.5 Å². The first-order valence-corrected chi connectivity index (χ1v) is 11.2. The molecule has 33 heavy (non-hydrogen) atoms. The molecule has 0 spiro atoms. The molecule has 0 unspecified atom stereocenters. The Kier molecular flexibility index (Phi) is 6.49. The molecular formula is C26H27N5O2. The van der Waals surface area contributed by atoms with E-state index in [0.29, 0.717) is 53.2 Å². The number of aromatic nitrogens is 3. The molecule has 2 amide bonds. The Hall–Kier alpha value is -4.00. The fourth-order valence-electron chi connectivity index (χ4n) is 3.81. The van der Waals surface area contributed by atoms with Gasteiger partial charge in [-0.2, -0.15) is 5.10 Å². The minimum Gasteiger partial charge on any atom is -0.339 e. The van der Waals surface area contributed by atoms with E-state index in [-0.39, 0.29) is 11.8 Å². The van der Waals surface area contributed by atoms with Crippen LogP contribution in [0.5, 0.6) is 0 Å². The number of nitrogens with zero attached hydrogens (tertiary/aromatic N) is 4. The van der Waals surface area contributed by atoms with Gasteiger partial charge in [0.1, 0.15) is 0 Å². The first-order valence-electron chi connectivity index (χ1n) is 11.2. The third-order valence-electron chi connectivity index (χ3n) is 5.66. The predicted octanol–water partition coefficient (Wildman–Crippen LogP) is 4.85. The van der Waals surface area contributed by atoms with Crippen LogP contribution in [0, 0.1) is 0 Å². The topological polar surface area (TPSA) is 80.1 Å². The molecule has 7 nitrogen and oxygen atoms in total. The van der Waals surface area contributed by atoms with Crippen LogP contribution in [-0.4, -0.2) is 44.6 Å². The first-order chi connectivity index (χ1) is 16.0. The van der Waals surface area contributed by atoms with Gasteiger partial charge in [-0.15, -0.1) is 0 Å². The second-order valence-electron chi connectivity index (χ2n) is 7.63. The van der Waals surface area contributed by atoms with Crippen molar-refractivity contribution in [1.82, 2.24) is 19.7 Å². The van der Waals surface area contributed by atoms with E-state index < -0.39 is 0 Å². The van der Waals surface area contributed by atoms with Gasteiger partial charge in [0, 0.05) is 36.4 Å². The number of carbonyl (C=O) groups is 2. The third kappa shape index (κ3) is 4.48. The maximum Gasteiger partial charge on any atom is 0.256 e. The fraction of sp³-hybridized carbons (Fsp3) is 0.231. The molecule has 168 valence electrons. The van der Waals surface area contributed by atoms with Crippen molar-refractivity contribution in [2.45, 2.75) is 27.3 Å². The zero-order chi connectivity index (χ0) is 23.4. The molecule has 4 aromatic rings. The van der Waals surface area contributed by atoms with Crippen LogP contribution in [0.4, 0.5) is 5.69 Å². The van der Waals surface area contributed by atoms with Gasteiger partial charge in [0.05, 0.1) is 22.8 Å². The molecule has 2 aromatic carbocycles. The molecule has 0 aliphatic rings. The van der Waals surface area contributed by atoms with Gasteiger partial charge < -0.3 is 10.2 Å². The molecule has 4 rings (SSSR count). The standard InChI is InChI=1S/C26H27N5O2/c1-4-30(5-2)26(33)19-12-14-20(15-13-19)28-25(32)21-16-23(18-10-8-7-9-11-18)29-24-22(21)17-27-31(24)6-3/h7-17H,4-6H2,1-3H3,(H,28,32). The van der Waals surface area contributed by atoms with Crippen molar-refractivity contribution in [3.8, 4) is 11.3 Å². The minimum absolute atomic E-state index is 0.0202. The van der Waals surface area contributed by atoms with Crippen molar-refractivity contribution in [2.75, 3.05) is 18.4 Å². The Morgan fingerprint density at radius 2 is 1.67 bits per heavy atom. The number of rotatable bonds is 7. The number of pyridine rings is 1. The molecule has 0 fully saturated rings. The lowest BCUT2D eigenvalue weighted by molar-refractivity contribution is 0.0773. The summed E-state index contributed by atoms with van der Waals surface area (Å²) in [6, 6.07) is 18.5. The number of fused-ring (bicyclic) bond motifs is 1. The summed E-state index contributed by atoms with van der Waals surface area (Å²) >= 11 is 0. The average Bonchev–Trinajstić information content (AvgIpc) is 3.28. The molecule has 0 aliphatic carbocycles. The van der Waals surface area contributed by atoms with Crippen LogP contribution < -0.4 is 5.32 Å². The van der Waals surface area contributed by atoms with Crippen LogP contribution in [-0.2, 0) is 6.54 Å². The molecule has 7 heteroatoms. The second-order valence-corrected chi connectivity index (χ2v) is 7.63. The lowest BCUT2D eigenvalue weighted by Crippen LogP contribution is -2.30. The van der Waals surface area contributed by atoms with Crippen molar-refractivity contribution in [3.63, 3.8) is 0 Å². The van der Waals surface area contributed by atoms with E-state index in [9.17, 15) is 9.59 Å². The molecule has 1 N–H and O–H groups in total. The second kappa shape index (κ2) is 9.65. The van der Waals surface area contributed by atoms with Gasteiger partial charge >= 0.3 is 0 Å². The minimum atomic E-state index is -0.252. The number of aryl methyl sites for hydroxylation is 1. The molecule has 0 saturated carbocycles. The maximum absolute atomic E-state index is 13.3. The van der Waals surface area contributed by atoms with Crippen LogP contribution in [0.2, 0.25) is 0 Å². The Morgan fingerprint density at radius 3 is 2.30 bits per heavy atom. The highest BCUT2D eigenvalue weighted by Crippen LogP contribution is 2.26. The van der Waals surface area contributed by atoms with Gasteiger partial charge in [-0.1, -0.05) is 30.3 Å². The number of anilines is 1. The normalized spacial score (nSPS) is 10.9. The number of hydrogen-bond donors (Lipinski definition) is 1. The SMILES string of the molecule is CCN(CC)C(=O)c1ccc(NC(=O)c2cc(-c3ccccc3)nc3c2cnn3CC)cc1. The summed E-state index contributed by atoms with van der Waals surface area (Å²) in [6.45, 7) is 7.86. The third-order valence-corrected chi connectivity index (χ3v) is 5.66. The summed E-state index contributed by atoms with van der Waals surface area (Å²) in [7, 11) is 0. The van der Waals surface area contributed by atoms with E-state index >= 15 is 0 Å². The van der Waals surface area contributed by atoms with Crippen LogP contribution in [0.1, 0.15) is 41.5 Å². The Labute approximate surface area is 193 Å². The maximum atomic E-state index is 13.3. The number of benzene rings is 2. The number of amides is 2. The molecule has 0 atom stereocenters. The van der Waals surface area contributed by atoms with Crippen LogP contribution in [0.15, 0.2) is 66.9 Å². The van der Waals surface area contributed by atoms with E-state index in [1.165, 1.54) is 0 Å². The first kappa shape index (κ1) is 22.2. The Balaban J connectivity index is 1.65. The highest BCUT2D eigenvalue weighted by Gasteiger charge is 2.18. The summed E-state index contributed by atoms with van der Waals surface area (Å²) in [4.78, 5) is 32.3. The van der Waals surface area contributed by atoms with E-state index in [1.54, 1.807) is 46.1 Å². The molecule has 2 heterocycles. The van der Waals surface area contributed by atoms with Gasteiger partial charge in [0.25, 0.3) is 11.8 Å². The number of hydrogen-bond acceptors (Lipinski definition) is 4. The molecule has 0 radical (unpaired) electrons. The Bertz CT molecular complexity index is 1280. The summed E-state index contributed by atoms with van der Waals surface area (Å²) in [6.07, 6.45) is 1.68. The molecule has 2 aromatic heterocycles. The van der Waals surface area contributed by atoms with Gasteiger partial charge in [-0.05, 0) is 51.1 Å². The monoisotopic (exact) mass is 441 g/mol. The summed E-state index contributed by atoms with van der Waals surface area (Å²) in [5.41, 5.74) is 4.02. The highest BCUT2D eigenvalue weighted by molar-refractivity contribution is 6.12. The zero-order valence-corrected chi connectivity index (χ0v) is 19.1. The predicted molar refractivity (Wildman–Crippen MR) is 130 cm³/mol. The van der Waals surface area contributed by atoms with E-state index in [0.717, 1.165) is 5.56 Å². The van der Waals surface area contributed by atoms with Crippen LogP contribution in [0.25, 0.3) is 22.3 Å². The van der Waals surface area contributed by atoms with Crippen molar-refractivity contribution in [1.29, 1.82) is 0 Å². The molecule has 0 aliphatic heterocycles. The largest absolute Gasteiger partial charge is 0.339 e. The highest BCUT2D eigenvalue weighted by atomic mass is 16.2. The van der Waals surface area contributed by atoms with Crippen molar-refractivity contribution < 1.29 is 9.59 Å². The lowest BCUT2D eigenvalue weighted by atomic mass is 10.1. The van der Waals surface area contributed by atoms with Gasteiger partial charge in [0.15, 0.2) is 5.65 Å². The molecule has 0 bridgehead atoms. The summed E-state index contributed by atoms with van der Waals surface area (Å²) in [5, 5.41) is 8.04. The van der Waals surface area contributed by atoms with Crippen molar-refractivity contribution in [2.24, 2.45) is 0 Å². The van der Waals surface area contributed by atoms with E-state index in [4.69, 9.17) is 4.98 Å². The van der Waals surface area contributed by atoms with Crippen LogP contribution >= 0.6 is 0 Å². The molecule has 0 saturated heterocycles. The zero-order valence-electron chi connectivity index (χ0n) is 19.1. The van der Waals surface area contributed by atoms with Gasteiger partial charge in [0.2, 0.25) is 0 Å². The van der Waals surface area contributed by atoms with E-state index in [2.05, 4.69) is 10.4 Å².